The maximum absolute atomic E-state index is 2.49. The van der Waals surface area contributed by atoms with Crippen molar-refractivity contribution in [3.8, 4) is 33.6 Å². The van der Waals surface area contributed by atoms with E-state index in [0.717, 1.165) is 5.69 Å². The lowest BCUT2D eigenvalue weighted by atomic mass is 9.95. The van der Waals surface area contributed by atoms with Crippen molar-refractivity contribution in [2.24, 2.45) is 0 Å². The molecule has 0 aliphatic heterocycles. The van der Waals surface area contributed by atoms with Crippen LogP contribution < -0.4 is 0 Å². The lowest BCUT2D eigenvalue weighted by Crippen LogP contribution is -1.95. The van der Waals surface area contributed by atoms with Crippen LogP contribution in [0.15, 0.2) is 206 Å². The summed E-state index contributed by atoms with van der Waals surface area (Å²) in [6.07, 6.45) is 0. The molecule has 2 nitrogen and oxygen atoms in total. The van der Waals surface area contributed by atoms with Crippen molar-refractivity contribution in [3.05, 3.63) is 206 Å². The predicted octanol–water partition coefficient (Wildman–Crippen LogP) is 14.7. The molecule has 2 heteroatoms. The van der Waals surface area contributed by atoms with Crippen molar-refractivity contribution in [3.63, 3.8) is 0 Å². The first kappa shape index (κ1) is 31.0. The summed E-state index contributed by atoms with van der Waals surface area (Å²) in [5, 5.41) is 12.6. The van der Waals surface area contributed by atoms with Crippen LogP contribution in [0.1, 0.15) is 0 Å². The highest BCUT2D eigenvalue weighted by Crippen LogP contribution is 2.44. The standard InChI is InChI=1S/C54H34N2/c1-3-13-35(14-4-1)36-23-27-42(28-24-36)56-51-30-26-40(33-49(51)53-45-21-11-9-19-43(45)44-20-10-12-22-46(44)54(53)56)39-25-29-50-47(32-39)48-31-37-15-7-8-16-38(37)34-52(48)55(50)41-17-5-2-6-18-41/h1-34H. The van der Waals surface area contributed by atoms with Crippen molar-refractivity contribution < 1.29 is 0 Å². The van der Waals surface area contributed by atoms with E-state index in [1.807, 2.05) is 0 Å². The fourth-order valence-corrected chi connectivity index (χ4v) is 9.30. The lowest BCUT2D eigenvalue weighted by molar-refractivity contribution is 1.18. The van der Waals surface area contributed by atoms with Crippen molar-refractivity contribution in [1.82, 2.24) is 9.13 Å². The Hall–Kier alpha value is -7.42. The van der Waals surface area contributed by atoms with Gasteiger partial charge in [-0.05, 0) is 110 Å². The molecule has 56 heavy (non-hydrogen) atoms. The van der Waals surface area contributed by atoms with Crippen molar-refractivity contribution in [2.75, 3.05) is 0 Å². The third-order valence-electron chi connectivity index (χ3n) is 11.8. The molecule has 0 radical (unpaired) electrons. The number of hydrogen-bond acceptors (Lipinski definition) is 0. The number of fused-ring (bicyclic) bond motifs is 12. The van der Waals surface area contributed by atoms with E-state index in [-0.39, 0.29) is 0 Å². The summed E-state index contributed by atoms with van der Waals surface area (Å²) in [5.74, 6) is 0. The van der Waals surface area contributed by atoms with E-state index in [2.05, 4.69) is 215 Å². The van der Waals surface area contributed by atoms with Crippen LogP contribution in [0.4, 0.5) is 0 Å². The van der Waals surface area contributed by atoms with Gasteiger partial charge in [-0.3, -0.25) is 0 Å². The highest BCUT2D eigenvalue weighted by atomic mass is 15.0. The van der Waals surface area contributed by atoms with Crippen LogP contribution in [-0.4, -0.2) is 9.13 Å². The van der Waals surface area contributed by atoms with Crippen LogP contribution in [0.25, 0.3) is 110 Å². The van der Waals surface area contributed by atoms with Gasteiger partial charge in [0.05, 0.1) is 22.1 Å². The van der Waals surface area contributed by atoms with Crippen LogP contribution in [0.3, 0.4) is 0 Å². The Labute approximate surface area is 323 Å². The number of nitrogens with zero attached hydrogens (tertiary/aromatic N) is 2. The molecule has 0 aliphatic rings. The molecule has 0 fully saturated rings. The lowest BCUT2D eigenvalue weighted by Gasteiger charge is -2.13. The third kappa shape index (κ3) is 4.57. The van der Waals surface area contributed by atoms with Gasteiger partial charge >= 0.3 is 0 Å². The molecule has 0 atom stereocenters. The van der Waals surface area contributed by atoms with Gasteiger partial charge in [-0.1, -0.05) is 146 Å². The quantitative estimate of drug-likeness (QED) is 0.161. The van der Waals surface area contributed by atoms with E-state index in [1.165, 1.54) is 104 Å². The van der Waals surface area contributed by atoms with E-state index in [0.29, 0.717) is 0 Å². The molecule has 12 aromatic rings. The van der Waals surface area contributed by atoms with Gasteiger partial charge in [0.15, 0.2) is 0 Å². The molecule has 0 N–H and O–H groups in total. The van der Waals surface area contributed by atoms with Gasteiger partial charge in [0.2, 0.25) is 0 Å². The zero-order chi connectivity index (χ0) is 36.7. The highest BCUT2D eigenvalue weighted by Gasteiger charge is 2.20. The van der Waals surface area contributed by atoms with E-state index >= 15 is 0 Å². The largest absolute Gasteiger partial charge is 0.309 e. The average Bonchev–Trinajstić information content (AvgIpc) is 3.78. The first-order valence-corrected chi connectivity index (χ1v) is 19.3. The maximum Gasteiger partial charge on any atom is 0.0625 e. The molecule has 0 amide bonds. The molecule has 12 rings (SSSR count). The average molecular weight is 711 g/mol. The van der Waals surface area contributed by atoms with Crippen LogP contribution in [-0.2, 0) is 0 Å². The number of rotatable bonds is 4. The summed E-state index contributed by atoms with van der Waals surface area (Å²) >= 11 is 0. The first-order valence-electron chi connectivity index (χ1n) is 19.3. The third-order valence-corrected chi connectivity index (χ3v) is 11.8. The molecule has 260 valence electrons. The molecule has 0 saturated carbocycles. The predicted molar refractivity (Wildman–Crippen MR) is 239 cm³/mol. The maximum atomic E-state index is 2.49. The second-order valence-corrected chi connectivity index (χ2v) is 14.9. The zero-order valence-corrected chi connectivity index (χ0v) is 30.5. The molecular weight excluding hydrogens is 677 g/mol. The van der Waals surface area contributed by atoms with E-state index < -0.39 is 0 Å². The Kier molecular flexibility index (Phi) is 6.66. The molecule has 0 spiro atoms. The molecule has 2 aromatic heterocycles. The van der Waals surface area contributed by atoms with Gasteiger partial charge in [-0.25, -0.2) is 0 Å². The molecule has 2 heterocycles. The summed E-state index contributed by atoms with van der Waals surface area (Å²) in [6, 6.07) is 75.8. The van der Waals surface area contributed by atoms with E-state index in [9.17, 15) is 0 Å². The first-order chi connectivity index (χ1) is 27.8. The van der Waals surface area contributed by atoms with Crippen molar-refractivity contribution in [2.45, 2.75) is 0 Å². The van der Waals surface area contributed by atoms with Gasteiger partial charge in [0, 0.05) is 38.3 Å². The Morgan fingerprint density at radius 1 is 0.250 bits per heavy atom. The van der Waals surface area contributed by atoms with Crippen molar-refractivity contribution >= 4 is 75.9 Å². The monoisotopic (exact) mass is 710 g/mol. The Bertz CT molecular complexity index is 3500. The van der Waals surface area contributed by atoms with Gasteiger partial charge < -0.3 is 9.13 Å². The Balaban J connectivity index is 1.13. The second kappa shape index (κ2) is 12.0. The molecule has 0 bridgehead atoms. The van der Waals surface area contributed by atoms with Crippen LogP contribution in [0, 0.1) is 0 Å². The van der Waals surface area contributed by atoms with Gasteiger partial charge in [-0.15, -0.1) is 0 Å². The van der Waals surface area contributed by atoms with Gasteiger partial charge in [0.25, 0.3) is 0 Å². The van der Waals surface area contributed by atoms with Crippen LogP contribution >= 0.6 is 0 Å². The van der Waals surface area contributed by atoms with Crippen LogP contribution in [0.5, 0.6) is 0 Å². The summed E-state index contributed by atoms with van der Waals surface area (Å²) in [7, 11) is 0. The highest BCUT2D eigenvalue weighted by molar-refractivity contribution is 6.32. The minimum atomic E-state index is 1.15. The summed E-state index contributed by atoms with van der Waals surface area (Å²) in [4.78, 5) is 0. The van der Waals surface area contributed by atoms with Crippen LogP contribution in [0.2, 0.25) is 0 Å². The normalized spacial score (nSPS) is 11.9. The molecule has 0 saturated heterocycles. The van der Waals surface area contributed by atoms with Crippen molar-refractivity contribution in [1.29, 1.82) is 0 Å². The second-order valence-electron chi connectivity index (χ2n) is 14.9. The Morgan fingerprint density at radius 3 is 1.45 bits per heavy atom. The fraction of sp³-hybridized carbons (Fsp3) is 0. The van der Waals surface area contributed by atoms with E-state index in [1.54, 1.807) is 0 Å². The van der Waals surface area contributed by atoms with E-state index in [4.69, 9.17) is 0 Å². The summed E-state index contributed by atoms with van der Waals surface area (Å²) < 4.78 is 4.90. The molecular formula is C54H34N2. The molecule has 0 aliphatic carbocycles. The SMILES string of the molecule is c1ccc(-c2ccc(-n3c4ccc(-c5ccc6c(c5)c5cc7ccccc7cc5n6-c5ccccc5)cc4c4c5ccccc5c5ccccc5c43)cc2)cc1. The summed E-state index contributed by atoms with van der Waals surface area (Å²) in [6.45, 7) is 0. The smallest absolute Gasteiger partial charge is 0.0625 e. The molecule has 10 aromatic carbocycles. The summed E-state index contributed by atoms with van der Waals surface area (Å²) in [5.41, 5.74) is 12.0. The minimum absolute atomic E-state index is 1.15. The minimum Gasteiger partial charge on any atom is -0.309 e. The number of aromatic nitrogens is 2. The molecule has 0 unspecified atom stereocenters. The topological polar surface area (TPSA) is 9.86 Å². The van der Waals surface area contributed by atoms with Gasteiger partial charge in [-0.2, -0.15) is 0 Å². The zero-order valence-electron chi connectivity index (χ0n) is 30.5. The fourth-order valence-electron chi connectivity index (χ4n) is 9.30. The number of hydrogen-bond donors (Lipinski definition) is 0. The number of benzene rings is 10. The number of para-hydroxylation sites is 1. The Morgan fingerprint density at radius 2 is 0.732 bits per heavy atom. The van der Waals surface area contributed by atoms with Gasteiger partial charge in [0.1, 0.15) is 0 Å².